The molecule has 0 atom stereocenters. The van der Waals surface area contributed by atoms with Crippen LogP contribution in [-0.4, -0.2) is 16.5 Å². The summed E-state index contributed by atoms with van der Waals surface area (Å²) in [6.07, 6.45) is 1.89. The van der Waals surface area contributed by atoms with Crippen molar-refractivity contribution in [3.63, 3.8) is 0 Å². The lowest BCUT2D eigenvalue weighted by Gasteiger charge is -1.95. The molecule has 80 valence electrons. The maximum absolute atomic E-state index is 5.47. The monoisotopic (exact) mass is 267 g/mol. The molecule has 4 heteroatoms. The Morgan fingerprint density at radius 1 is 1.47 bits per heavy atom. The van der Waals surface area contributed by atoms with Crippen molar-refractivity contribution in [1.29, 1.82) is 0 Å². The lowest BCUT2D eigenvalue weighted by atomic mass is 10.2. The highest BCUT2D eigenvalue weighted by Gasteiger charge is 2.04. The molecule has 0 bridgehead atoms. The molecule has 0 unspecified atom stereocenters. The van der Waals surface area contributed by atoms with Gasteiger partial charge in [-0.15, -0.1) is 0 Å². The minimum atomic E-state index is 0.708. The van der Waals surface area contributed by atoms with Gasteiger partial charge in [0.15, 0.2) is 0 Å². The van der Waals surface area contributed by atoms with E-state index in [-0.39, 0.29) is 0 Å². The van der Waals surface area contributed by atoms with E-state index >= 15 is 0 Å². The number of aromatic amines is 1. The number of fused-ring (bicyclic) bond motifs is 1. The molecule has 0 aliphatic carbocycles. The van der Waals surface area contributed by atoms with Gasteiger partial charge in [-0.05, 0) is 37.6 Å². The second kappa shape index (κ2) is 4.33. The number of benzene rings is 1. The summed E-state index contributed by atoms with van der Waals surface area (Å²) in [5, 5.41) is 0. The molecular weight excluding hydrogens is 254 g/mol. The topological polar surface area (TPSA) is 54.7 Å². The molecule has 1 aromatic carbocycles. The van der Waals surface area contributed by atoms with Crippen molar-refractivity contribution in [3.8, 4) is 0 Å². The molecule has 0 saturated carbocycles. The first kappa shape index (κ1) is 10.6. The summed E-state index contributed by atoms with van der Waals surface area (Å²) in [5.74, 6) is 1.02. The van der Waals surface area contributed by atoms with Crippen LogP contribution >= 0.6 is 15.9 Å². The van der Waals surface area contributed by atoms with E-state index in [0.717, 1.165) is 34.2 Å². The van der Waals surface area contributed by atoms with Crippen LogP contribution in [0.2, 0.25) is 0 Å². The Kier molecular flexibility index (Phi) is 3.07. The van der Waals surface area contributed by atoms with Gasteiger partial charge in [-0.2, -0.15) is 0 Å². The fraction of sp³-hybridized carbons (Fsp3) is 0.364. The lowest BCUT2D eigenvalue weighted by molar-refractivity contribution is 0.796. The van der Waals surface area contributed by atoms with Gasteiger partial charge < -0.3 is 10.7 Å². The number of imidazole rings is 1. The van der Waals surface area contributed by atoms with Crippen molar-refractivity contribution in [1.82, 2.24) is 9.97 Å². The highest BCUT2D eigenvalue weighted by atomic mass is 79.9. The molecule has 2 rings (SSSR count). The van der Waals surface area contributed by atoms with Crippen LogP contribution in [-0.2, 0) is 6.42 Å². The second-order valence-electron chi connectivity index (χ2n) is 3.69. The standard InChI is InChI=1S/C11H14BrN3/c1-7-5-9-10(6-8(7)12)15-11(14-9)3-2-4-13/h5-6H,2-4,13H2,1H3,(H,14,15). The number of aryl methyl sites for hydroxylation is 2. The zero-order valence-electron chi connectivity index (χ0n) is 8.68. The quantitative estimate of drug-likeness (QED) is 0.898. The van der Waals surface area contributed by atoms with Crippen LogP contribution in [0, 0.1) is 6.92 Å². The maximum Gasteiger partial charge on any atom is 0.107 e. The highest BCUT2D eigenvalue weighted by molar-refractivity contribution is 9.10. The average molecular weight is 268 g/mol. The number of halogens is 1. The Morgan fingerprint density at radius 3 is 3.00 bits per heavy atom. The van der Waals surface area contributed by atoms with Crippen LogP contribution in [0.5, 0.6) is 0 Å². The van der Waals surface area contributed by atoms with Crippen molar-refractivity contribution in [2.24, 2.45) is 5.73 Å². The fourth-order valence-electron chi connectivity index (χ4n) is 1.58. The van der Waals surface area contributed by atoms with Crippen LogP contribution in [0.4, 0.5) is 0 Å². The summed E-state index contributed by atoms with van der Waals surface area (Å²) in [6, 6.07) is 4.16. The fourth-order valence-corrected chi connectivity index (χ4v) is 1.91. The SMILES string of the molecule is Cc1cc2[nH]c(CCCN)nc2cc1Br. The molecule has 1 heterocycles. The highest BCUT2D eigenvalue weighted by Crippen LogP contribution is 2.22. The van der Waals surface area contributed by atoms with Crippen LogP contribution < -0.4 is 5.73 Å². The number of nitrogens with two attached hydrogens (primary N) is 1. The van der Waals surface area contributed by atoms with Gasteiger partial charge in [0.2, 0.25) is 0 Å². The zero-order valence-corrected chi connectivity index (χ0v) is 10.3. The van der Waals surface area contributed by atoms with Crippen molar-refractivity contribution < 1.29 is 0 Å². The van der Waals surface area contributed by atoms with Crippen molar-refractivity contribution in [2.45, 2.75) is 19.8 Å². The summed E-state index contributed by atoms with van der Waals surface area (Å²) in [7, 11) is 0. The first-order chi connectivity index (χ1) is 7.20. The molecule has 3 N–H and O–H groups in total. The van der Waals surface area contributed by atoms with Crippen LogP contribution in [0.25, 0.3) is 11.0 Å². The number of H-pyrrole nitrogens is 1. The van der Waals surface area contributed by atoms with Gasteiger partial charge in [-0.1, -0.05) is 15.9 Å². The third-order valence-corrected chi connectivity index (χ3v) is 3.28. The maximum atomic E-state index is 5.47. The Bertz CT molecular complexity index is 437. The molecule has 0 saturated heterocycles. The van der Waals surface area contributed by atoms with Gasteiger partial charge in [0.25, 0.3) is 0 Å². The Labute approximate surface area is 97.2 Å². The smallest absolute Gasteiger partial charge is 0.107 e. The molecule has 0 radical (unpaired) electrons. The molecular formula is C11H14BrN3. The molecule has 2 aromatic rings. The normalized spacial score (nSPS) is 11.1. The summed E-state index contributed by atoms with van der Waals surface area (Å²) in [5.41, 5.74) is 8.80. The molecule has 0 amide bonds. The van der Waals surface area contributed by atoms with E-state index in [2.05, 4.69) is 38.9 Å². The Hall–Kier alpha value is -0.870. The van der Waals surface area contributed by atoms with Crippen molar-refractivity contribution in [3.05, 3.63) is 28.0 Å². The van der Waals surface area contributed by atoms with E-state index in [1.165, 1.54) is 5.56 Å². The molecule has 0 spiro atoms. The van der Waals surface area contributed by atoms with Crippen molar-refractivity contribution >= 4 is 27.0 Å². The molecule has 0 aliphatic rings. The lowest BCUT2D eigenvalue weighted by Crippen LogP contribution is -2.01. The average Bonchev–Trinajstić information content (AvgIpc) is 2.58. The molecule has 0 fully saturated rings. The molecule has 0 aliphatic heterocycles. The van der Waals surface area contributed by atoms with E-state index in [4.69, 9.17) is 5.73 Å². The van der Waals surface area contributed by atoms with Gasteiger partial charge in [-0.25, -0.2) is 4.98 Å². The summed E-state index contributed by atoms with van der Waals surface area (Å²) < 4.78 is 1.10. The third kappa shape index (κ3) is 2.21. The molecule has 1 aromatic heterocycles. The predicted octanol–water partition coefficient (Wildman–Crippen LogP) is 2.53. The van der Waals surface area contributed by atoms with Gasteiger partial charge in [0.05, 0.1) is 11.0 Å². The van der Waals surface area contributed by atoms with Gasteiger partial charge in [0, 0.05) is 10.9 Å². The third-order valence-electron chi connectivity index (χ3n) is 2.43. The van der Waals surface area contributed by atoms with Gasteiger partial charge in [-0.3, -0.25) is 0 Å². The summed E-state index contributed by atoms with van der Waals surface area (Å²) in [6.45, 7) is 2.78. The summed E-state index contributed by atoms with van der Waals surface area (Å²) >= 11 is 3.50. The van der Waals surface area contributed by atoms with Crippen molar-refractivity contribution in [2.75, 3.05) is 6.54 Å². The first-order valence-corrected chi connectivity index (χ1v) is 5.85. The predicted molar refractivity (Wildman–Crippen MR) is 65.9 cm³/mol. The van der Waals surface area contributed by atoms with E-state index in [1.54, 1.807) is 0 Å². The van der Waals surface area contributed by atoms with Crippen LogP contribution in [0.3, 0.4) is 0 Å². The van der Waals surface area contributed by atoms with E-state index in [0.29, 0.717) is 6.54 Å². The van der Waals surface area contributed by atoms with E-state index in [9.17, 15) is 0 Å². The first-order valence-electron chi connectivity index (χ1n) is 5.05. The van der Waals surface area contributed by atoms with Crippen LogP contribution in [0.1, 0.15) is 17.8 Å². The Balaban J connectivity index is 2.38. The minimum Gasteiger partial charge on any atom is -0.342 e. The van der Waals surface area contributed by atoms with Gasteiger partial charge >= 0.3 is 0 Å². The number of aromatic nitrogens is 2. The summed E-state index contributed by atoms with van der Waals surface area (Å²) in [4.78, 5) is 7.82. The van der Waals surface area contributed by atoms with Gasteiger partial charge in [0.1, 0.15) is 5.82 Å². The molecule has 15 heavy (non-hydrogen) atoms. The molecule has 3 nitrogen and oxygen atoms in total. The largest absolute Gasteiger partial charge is 0.342 e. The van der Waals surface area contributed by atoms with E-state index in [1.807, 2.05) is 6.07 Å². The number of rotatable bonds is 3. The number of hydrogen-bond donors (Lipinski definition) is 2. The number of hydrogen-bond acceptors (Lipinski definition) is 2. The number of nitrogens with one attached hydrogen (secondary N) is 1. The minimum absolute atomic E-state index is 0.708. The number of nitrogens with zero attached hydrogens (tertiary/aromatic N) is 1. The Morgan fingerprint density at radius 2 is 2.27 bits per heavy atom. The second-order valence-corrected chi connectivity index (χ2v) is 4.55. The van der Waals surface area contributed by atoms with E-state index < -0.39 is 0 Å². The van der Waals surface area contributed by atoms with Crippen LogP contribution in [0.15, 0.2) is 16.6 Å². The zero-order chi connectivity index (χ0) is 10.8.